The second-order valence-electron chi connectivity index (χ2n) is 4.08. The van der Waals surface area contributed by atoms with Gasteiger partial charge in [0, 0.05) is 25.0 Å². The molecule has 0 aromatic heterocycles. The van der Waals surface area contributed by atoms with Crippen LogP contribution in [0.1, 0.15) is 0 Å². The molecule has 1 fully saturated rings. The summed E-state index contributed by atoms with van der Waals surface area (Å²) in [5.74, 6) is 1.54. The van der Waals surface area contributed by atoms with Crippen LogP contribution in [0.4, 0.5) is 0 Å². The molecule has 1 aliphatic heterocycles. The topological polar surface area (TPSA) is 21.7 Å². The van der Waals surface area contributed by atoms with Gasteiger partial charge in [0.1, 0.15) is 12.4 Å². The number of rotatable bonds is 5. The van der Waals surface area contributed by atoms with Gasteiger partial charge in [-0.3, -0.25) is 4.90 Å². The summed E-state index contributed by atoms with van der Waals surface area (Å²) in [4.78, 5) is 2.33. The standard InChI is InChI=1S/C13H18ClNO2/c14-10-12-11-16-8-6-15(12)7-9-17-13-4-2-1-3-5-13/h1-5,12H,6-11H2. The van der Waals surface area contributed by atoms with E-state index in [1.807, 2.05) is 30.3 Å². The van der Waals surface area contributed by atoms with Crippen molar-refractivity contribution in [1.82, 2.24) is 4.90 Å². The van der Waals surface area contributed by atoms with Gasteiger partial charge in [0.15, 0.2) is 0 Å². The summed E-state index contributed by atoms with van der Waals surface area (Å²) in [6.07, 6.45) is 0. The number of para-hydroxylation sites is 1. The Morgan fingerprint density at radius 1 is 1.35 bits per heavy atom. The van der Waals surface area contributed by atoms with Crippen LogP contribution in [0.3, 0.4) is 0 Å². The summed E-state index contributed by atoms with van der Waals surface area (Å²) in [5.41, 5.74) is 0. The lowest BCUT2D eigenvalue weighted by Crippen LogP contribution is -2.48. The first kappa shape index (κ1) is 12.7. The number of morpholine rings is 1. The Labute approximate surface area is 107 Å². The zero-order valence-electron chi connectivity index (χ0n) is 9.85. The van der Waals surface area contributed by atoms with Crippen LogP contribution >= 0.6 is 11.6 Å². The van der Waals surface area contributed by atoms with E-state index in [4.69, 9.17) is 21.1 Å². The Hall–Kier alpha value is -0.770. The van der Waals surface area contributed by atoms with Crippen molar-refractivity contribution in [2.45, 2.75) is 6.04 Å². The van der Waals surface area contributed by atoms with E-state index in [0.717, 1.165) is 32.1 Å². The maximum absolute atomic E-state index is 5.91. The largest absolute Gasteiger partial charge is 0.492 e. The molecule has 0 amide bonds. The number of hydrogen-bond donors (Lipinski definition) is 0. The highest BCUT2D eigenvalue weighted by Crippen LogP contribution is 2.10. The van der Waals surface area contributed by atoms with Gasteiger partial charge in [-0.1, -0.05) is 18.2 Å². The first-order chi connectivity index (χ1) is 8.40. The van der Waals surface area contributed by atoms with Crippen LogP contribution < -0.4 is 4.74 Å². The van der Waals surface area contributed by atoms with E-state index in [1.54, 1.807) is 0 Å². The molecule has 1 aromatic rings. The fourth-order valence-electron chi connectivity index (χ4n) is 1.92. The summed E-state index contributed by atoms with van der Waals surface area (Å²) >= 11 is 5.91. The van der Waals surface area contributed by atoms with Crippen LogP contribution in [-0.4, -0.2) is 49.7 Å². The highest BCUT2D eigenvalue weighted by atomic mass is 35.5. The van der Waals surface area contributed by atoms with E-state index in [-0.39, 0.29) is 0 Å². The molecule has 1 heterocycles. The van der Waals surface area contributed by atoms with Crippen molar-refractivity contribution < 1.29 is 9.47 Å². The number of nitrogens with zero attached hydrogens (tertiary/aromatic N) is 1. The molecule has 1 saturated heterocycles. The van der Waals surface area contributed by atoms with Gasteiger partial charge < -0.3 is 9.47 Å². The third kappa shape index (κ3) is 3.87. The van der Waals surface area contributed by atoms with E-state index < -0.39 is 0 Å². The van der Waals surface area contributed by atoms with Crippen molar-refractivity contribution in [3.05, 3.63) is 30.3 Å². The Bertz CT molecular complexity index is 320. The lowest BCUT2D eigenvalue weighted by atomic mass is 10.2. The normalized spacial score (nSPS) is 21.4. The summed E-state index contributed by atoms with van der Waals surface area (Å²) in [6.45, 7) is 4.05. The molecule has 1 aliphatic rings. The number of benzene rings is 1. The second-order valence-corrected chi connectivity index (χ2v) is 4.39. The van der Waals surface area contributed by atoms with Crippen molar-refractivity contribution in [3.8, 4) is 5.75 Å². The van der Waals surface area contributed by atoms with Crippen molar-refractivity contribution >= 4 is 11.6 Å². The molecule has 4 heteroatoms. The zero-order chi connectivity index (χ0) is 11.9. The summed E-state index contributed by atoms with van der Waals surface area (Å²) in [7, 11) is 0. The molecular weight excluding hydrogens is 238 g/mol. The Kier molecular flexibility index (Phi) is 5.10. The van der Waals surface area contributed by atoms with Crippen molar-refractivity contribution in [1.29, 1.82) is 0 Å². The van der Waals surface area contributed by atoms with Gasteiger partial charge in [-0.15, -0.1) is 11.6 Å². The van der Waals surface area contributed by atoms with Crippen LogP contribution in [0.5, 0.6) is 5.75 Å². The average molecular weight is 256 g/mol. The lowest BCUT2D eigenvalue weighted by molar-refractivity contribution is -0.00385. The first-order valence-corrected chi connectivity index (χ1v) is 6.49. The number of hydrogen-bond acceptors (Lipinski definition) is 3. The molecule has 0 saturated carbocycles. The van der Waals surface area contributed by atoms with Crippen LogP contribution in [0.15, 0.2) is 30.3 Å². The SMILES string of the molecule is ClCC1COCCN1CCOc1ccccc1. The Morgan fingerprint density at radius 3 is 2.94 bits per heavy atom. The highest BCUT2D eigenvalue weighted by molar-refractivity contribution is 6.18. The molecule has 0 bridgehead atoms. The number of halogens is 1. The third-order valence-electron chi connectivity index (χ3n) is 2.92. The van der Waals surface area contributed by atoms with Gasteiger partial charge in [0.2, 0.25) is 0 Å². The smallest absolute Gasteiger partial charge is 0.119 e. The molecule has 0 aliphatic carbocycles. The number of ether oxygens (including phenoxy) is 2. The van der Waals surface area contributed by atoms with E-state index in [0.29, 0.717) is 18.5 Å². The van der Waals surface area contributed by atoms with E-state index in [9.17, 15) is 0 Å². The Balaban J connectivity index is 1.74. The number of alkyl halides is 1. The molecular formula is C13H18ClNO2. The average Bonchev–Trinajstić information content (AvgIpc) is 2.40. The van der Waals surface area contributed by atoms with E-state index in [1.165, 1.54) is 0 Å². The predicted octanol–water partition coefficient (Wildman–Crippen LogP) is 2.00. The predicted molar refractivity (Wildman–Crippen MR) is 68.8 cm³/mol. The van der Waals surface area contributed by atoms with Gasteiger partial charge in [0.25, 0.3) is 0 Å². The molecule has 3 nitrogen and oxygen atoms in total. The molecule has 94 valence electrons. The van der Waals surface area contributed by atoms with E-state index in [2.05, 4.69) is 4.90 Å². The van der Waals surface area contributed by atoms with Gasteiger partial charge in [-0.2, -0.15) is 0 Å². The quantitative estimate of drug-likeness (QED) is 0.752. The fraction of sp³-hybridized carbons (Fsp3) is 0.538. The minimum Gasteiger partial charge on any atom is -0.492 e. The maximum atomic E-state index is 5.91. The first-order valence-electron chi connectivity index (χ1n) is 5.96. The fourth-order valence-corrected chi connectivity index (χ4v) is 2.21. The van der Waals surface area contributed by atoms with Gasteiger partial charge >= 0.3 is 0 Å². The molecule has 2 rings (SSSR count). The van der Waals surface area contributed by atoms with Crippen molar-refractivity contribution in [3.63, 3.8) is 0 Å². The summed E-state index contributed by atoms with van der Waals surface area (Å²) < 4.78 is 11.1. The van der Waals surface area contributed by atoms with Crippen LogP contribution in [0.25, 0.3) is 0 Å². The van der Waals surface area contributed by atoms with E-state index >= 15 is 0 Å². The minimum absolute atomic E-state index is 0.324. The van der Waals surface area contributed by atoms with Gasteiger partial charge in [-0.25, -0.2) is 0 Å². The second kappa shape index (κ2) is 6.84. The van der Waals surface area contributed by atoms with Crippen LogP contribution in [-0.2, 0) is 4.74 Å². The van der Waals surface area contributed by atoms with Crippen LogP contribution in [0, 0.1) is 0 Å². The van der Waals surface area contributed by atoms with Gasteiger partial charge in [-0.05, 0) is 12.1 Å². The summed E-state index contributed by atoms with van der Waals surface area (Å²) in [5, 5.41) is 0. The molecule has 0 radical (unpaired) electrons. The van der Waals surface area contributed by atoms with Crippen molar-refractivity contribution in [2.24, 2.45) is 0 Å². The summed E-state index contributed by atoms with van der Waals surface area (Å²) in [6, 6.07) is 10.2. The minimum atomic E-state index is 0.324. The molecule has 0 spiro atoms. The third-order valence-corrected chi connectivity index (χ3v) is 3.27. The van der Waals surface area contributed by atoms with Crippen LogP contribution in [0.2, 0.25) is 0 Å². The molecule has 1 aromatic carbocycles. The maximum Gasteiger partial charge on any atom is 0.119 e. The molecule has 1 unspecified atom stereocenters. The highest BCUT2D eigenvalue weighted by Gasteiger charge is 2.21. The molecule has 1 atom stereocenters. The van der Waals surface area contributed by atoms with Crippen molar-refractivity contribution in [2.75, 3.05) is 38.8 Å². The van der Waals surface area contributed by atoms with Gasteiger partial charge in [0.05, 0.1) is 13.2 Å². The lowest BCUT2D eigenvalue weighted by Gasteiger charge is -2.34. The molecule has 0 N–H and O–H groups in total. The Morgan fingerprint density at radius 2 is 2.18 bits per heavy atom. The monoisotopic (exact) mass is 255 g/mol. The molecule has 17 heavy (non-hydrogen) atoms. The zero-order valence-corrected chi connectivity index (χ0v) is 10.6.